The standard InChI is InChI=1S/C28H49NO8/c1-2-3-4-5-10-15-23(30)18-19-25-24(26(31)22-27(25)32)16-11-6-7-12-17-28(33)36-20-13-8-9-14-21-37-29(34)35/h6,11,24-27,31-32H,2-5,7-10,12-22H2,1H3/t24-,25-,26+,27-/m1/s1. The fourth-order valence-electron chi connectivity index (χ4n) is 4.97. The van der Waals surface area contributed by atoms with Gasteiger partial charge in [-0.05, 0) is 69.6 Å². The topological polar surface area (TPSA) is 136 Å². The number of esters is 1. The largest absolute Gasteiger partial charge is 0.466 e. The molecule has 4 atom stereocenters. The van der Waals surface area contributed by atoms with Crippen LogP contribution in [0, 0.1) is 22.0 Å². The van der Waals surface area contributed by atoms with Crippen LogP contribution in [-0.2, 0) is 19.2 Å². The van der Waals surface area contributed by atoms with Crippen molar-refractivity contribution in [2.45, 2.75) is 128 Å². The Hall–Kier alpha value is -2.00. The van der Waals surface area contributed by atoms with Crippen LogP contribution in [0.15, 0.2) is 12.2 Å². The Kier molecular flexibility index (Phi) is 18.7. The van der Waals surface area contributed by atoms with Gasteiger partial charge in [-0.3, -0.25) is 9.59 Å². The normalized spacial score (nSPS) is 21.4. The van der Waals surface area contributed by atoms with Gasteiger partial charge in [0.25, 0.3) is 5.09 Å². The highest BCUT2D eigenvalue weighted by molar-refractivity contribution is 5.78. The summed E-state index contributed by atoms with van der Waals surface area (Å²) in [6.07, 6.45) is 16.0. The second-order valence-corrected chi connectivity index (χ2v) is 10.2. The number of ether oxygens (including phenoxy) is 1. The summed E-state index contributed by atoms with van der Waals surface area (Å²) in [4.78, 5) is 38.4. The van der Waals surface area contributed by atoms with Gasteiger partial charge in [0, 0.05) is 19.3 Å². The second-order valence-electron chi connectivity index (χ2n) is 10.2. The van der Waals surface area contributed by atoms with Crippen molar-refractivity contribution < 1.29 is 34.5 Å². The van der Waals surface area contributed by atoms with Crippen LogP contribution in [0.4, 0.5) is 0 Å². The minimum Gasteiger partial charge on any atom is -0.466 e. The van der Waals surface area contributed by atoms with Gasteiger partial charge < -0.3 is 19.8 Å². The van der Waals surface area contributed by atoms with Crippen LogP contribution in [-0.4, -0.2) is 52.5 Å². The summed E-state index contributed by atoms with van der Waals surface area (Å²) in [6, 6.07) is 0. The Morgan fingerprint density at radius 1 is 0.865 bits per heavy atom. The highest BCUT2D eigenvalue weighted by atomic mass is 16.9. The summed E-state index contributed by atoms with van der Waals surface area (Å²) in [5.41, 5.74) is 0. The van der Waals surface area contributed by atoms with Gasteiger partial charge in [-0.25, -0.2) is 0 Å². The van der Waals surface area contributed by atoms with E-state index in [9.17, 15) is 29.9 Å². The summed E-state index contributed by atoms with van der Waals surface area (Å²) in [5, 5.41) is 30.1. The molecule has 9 nitrogen and oxygen atoms in total. The van der Waals surface area contributed by atoms with E-state index in [4.69, 9.17) is 4.74 Å². The molecule has 0 saturated heterocycles. The maximum atomic E-state index is 12.3. The molecule has 37 heavy (non-hydrogen) atoms. The van der Waals surface area contributed by atoms with Crippen molar-refractivity contribution in [1.82, 2.24) is 0 Å². The van der Waals surface area contributed by atoms with E-state index in [-0.39, 0.29) is 30.2 Å². The first kappa shape index (κ1) is 33.0. The first-order chi connectivity index (χ1) is 17.8. The van der Waals surface area contributed by atoms with E-state index in [1.165, 1.54) is 19.3 Å². The van der Waals surface area contributed by atoms with E-state index in [2.05, 4.69) is 11.8 Å². The molecular weight excluding hydrogens is 478 g/mol. The van der Waals surface area contributed by atoms with Crippen LogP contribution < -0.4 is 0 Å². The molecule has 0 heterocycles. The van der Waals surface area contributed by atoms with Crippen LogP contribution >= 0.6 is 0 Å². The van der Waals surface area contributed by atoms with Crippen molar-refractivity contribution in [3.8, 4) is 0 Å². The lowest BCUT2D eigenvalue weighted by atomic mass is 9.86. The molecule has 0 aromatic carbocycles. The molecule has 1 aliphatic rings. The number of Topliss-reactive ketones (excluding diaryl/α,β-unsaturated/α-hetero) is 1. The maximum Gasteiger partial charge on any atom is 0.305 e. The molecule has 0 radical (unpaired) electrons. The number of rotatable bonds is 23. The minimum atomic E-state index is -0.794. The Labute approximate surface area is 222 Å². The van der Waals surface area contributed by atoms with E-state index >= 15 is 0 Å². The molecule has 0 aromatic rings. The van der Waals surface area contributed by atoms with Gasteiger partial charge in [-0.15, -0.1) is 10.1 Å². The van der Waals surface area contributed by atoms with E-state index in [0.717, 1.165) is 38.5 Å². The molecule has 0 spiro atoms. The van der Waals surface area contributed by atoms with Crippen molar-refractivity contribution >= 4 is 11.8 Å². The number of unbranched alkanes of at least 4 members (excludes halogenated alkanes) is 8. The van der Waals surface area contributed by atoms with E-state index < -0.39 is 17.3 Å². The molecule has 1 aliphatic carbocycles. The molecule has 1 saturated carbocycles. The summed E-state index contributed by atoms with van der Waals surface area (Å²) in [5.74, 6) is -0.0676. The van der Waals surface area contributed by atoms with Gasteiger partial charge in [0.15, 0.2) is 0 Å². The number of allylic oxidation sites excluding steroid dienone is 2. The Balaban J connectivity index is 2.15. The zero-order valence-electron chi connectivity index (χ0n) is 22.7. The van der Waals surface area contributed by atoms with Crippen molar-refractivity contribution in [2.24, 2.45) is 11.8 Å². The molecule has 0 bridgehead atoms. The average Bonchev–Trinajstić information content (AvgIpc) is 3.12. The van der Waals surface area contributed by atoms with Crippen LogP contribution in [0.5, 0.6) is 0 Å². The van der Waals surface area contributed by atoms with Crippen LogP contribution in [0.3, 0.4) is 0 Å². The average molecular weight is 528 g/mol. The predicted molar refractivity (Wildman–Crippen MR) is 141 cm³/mol. The summed E-state index contributed by atoms with van der Waals surface area (Å²) in [7, 11) is 0. The lowest BCUT2D eigenvalue weighted by molar-refractivity contribution is -0.757. The fraction of sp³-hybridized carbons (Fsp3) is 0.857. The third kappa shape index (κ3) is 16.5. The van der Waals surface area contributed by atoms with Crippen LogP contribution in [0.25, 0.3) is 0 Å². The summed E-state index contributed by atoms with van der Waals surface area (Å²) < 4.78 is 5.21. The van der Waals surface area contributed by atoms with Gasteiger partial charge >= 0.3 is 5.97 Å². The number of hydrogen-bond donors (Lipinski definition) is 2. The van der Waals surface area contributed by atoms with E-state index in [1.54, 1.807) is 0 Å². The lowest BCUT2D eigenvalue weighted by Gasteiger charge is -2.22. The van der Waals surface area contributed by atoms with Gasteiger partial charge in [0.2, 0.25) is 0 Å². The Morgan fingerprint density at radius 3 is 2.27 bits per heavy atom. The van der Waals surface area contributed by atoms with E-state index in [1.807, 2.05) is 12.2 Å². The highest BCUT2D eigenvalue weighted by Gasteiger charge is 2.40. The van der Waals surface area contributed by atoms with Gasteiger partial charge in [0.1, 0.15) is 5.78 Å². The van der Waals surface area contributed by atoms with E-state index in [0.29, 0.717) is 58.0 Å². The molecule has 1 fully saturated rings. The Bertz CT molecular complexity index is 669. The number of carbonyl (C=O) groups excluding carboxylic acids is 2. The third-order valence-electron chi connectivity index (χ3n) is 7.16. The van der Waals surface area contributed by atoms with Crippen molar-refractivity contribution in [2.75, 3.05) is 13.2 Å². The minimum absolute atomic E-state index is 0.0420. The van der Waals surface area contributed by atoms with Crippen LogP contribution in [0.2, 0.25) is 0 Å². The SMILES string of the molecule is CCCCCCCC(=O)CC[C@@H]1[C@@H](CC=CCCCC(=O)OCCCCCCO[N+](=O)[O-])[C@@H](O)C[C@H]1O. The molecule has 9 heteroatoms. The smallest absolute Gasteiger partial charge is 0.305 e. The number of hydrogen-bond acceptors (Lipinski definition) is 8. The Morgan fingerprint density at radius 2 is 1.54 bits per heavy atom. The molecule has 2 N–H and O–H groups in total. The monoisotopic (exact) mass is 527 g/mol. The summed E-state index contributed by atoms with van der Waals surface area (Å²) in [6.45, 7) is 2.63. The molecule has 214 valence electrons. The van der Waals surface area contributed by atoms with Gasteiger partial charge in [-0.1, -0.05) is 51.2 Å². The molecule has 0 amide bonds. The number of aliphatic hydroxyl groups is 2. The molecule has 0 aromatic heterocycles. The second kappa shape index (κ2) is 21.0. The van der Waals surface area contributed by atoms with Crippen molar-refractivity contribution in [1.29, 1.82) is 0 Å². The van der Waals surface area contributed by atoms with Crippen LogP contribution in [0.1, 0.15) is 116 Å². The first-order valence-electron chi connectivity index (χ1n) is 14.3. The predicted octanol–water partition coefficient (Wildman–Crippen LogP) is 5.48. The van der Waals surface area contributed by atoms with Crippen molar-refractivity contribution in [3.05, 3.63) is 22.3 Å². The lowest BCUT2D eigenvalue weighted by Crippen LogP contribution is -2.22. The maximum absolute atomic E-state index is 12.3. The number of ketones is 1. The molecule has 0 unspecified atom stereocenters. The number of carbonyl (C=O) groups is 2. The number of aliphatic hydroxyl groups excluding tert-OH is 2. The zero-order chi connectivity index (χ0) is 27.3. The quantitative estimate of drug-likeness (QED) is 0.0586. The molecular formula is C28H49NO8. The highest BCUT2D eigenvalue weighted by Crippen LogP contribution is 2.38. The first-order valence-corrected chi connectivity index (χ1v) is 14.3. The molecule has 0 aliphatic heterocycles. The molecule has 1 rings (SSSR count). The summed E-state index contributed by atoms with van der Waals surface area (Å²) >= 11 is 0. The number of nitrogens with zero attached hydrogens (tertiary/aromatic N) is 1. The van der Waals surface area contributed by atoms with Gasteiger partial charge in [0.05, 0.1) is 25.4 Å². The fourth-order valence-corrected chi connectivity index (χ4v) is 4.97. The zero-order valence-corrected chi connectivity index (χ0v) is 22.7. The van der Waals surface area contributed by atoms with Gasteiger partial charge in [-0.2, -0.15) is 0 Å². The van der Waals surface area contributed by atoms with Crippen molar-refractivity contribution in [3.63, 3.8) is 0 Å². The third-order valence-corrected chi connectivity index (χ3v) is 7.16.